The third-order valence-corrected chi connectivity index (χ3v) is 5.76. The molecule has 0 bridgehead atoms. The molecule has 1 aliphatic rings. The summed E-state index contributed by atoms with van der Waals surface area (Å²) >= 11 is 0. The zero-order valence-electron chi connectivity index (χ0n) is 17.8. The molecule has 6 nitrogen and oxygen atoms in total. The average Bonchev–Trinajstić information content (AvgIpc) is 3.48. The van der Waals surface area contributed by atoms with Crippen molar-refractivity contribution in [2.24, 2.45) is 5.92 Å². The highest BCUT2D eigenvalue weighted by Crippen LogP contribution is 2.25. The zero-order valence-corrected chi connectivity index (χ0v) is 17.8. The van der Waals surface area contributed by atoms with E-state index >= 15 is 0 Å². The van der Waals surface area contributed by atoms with Crippen LogP contribution >= 0.6 is 0 Å². The van der Waals surface area contributed by atoms with Gasteiger partial charge in [0.1, 0.15) is 17.3 Å². The van der Waals surface area contributed by atoms with Crippen LogP contribution in [0.3, 0.4) is 0 Å². The zero-order chi connectivity index (χ0) is 21.6. The Morgan fingerprint density at radius 2 is 2.06 bits per heavy atom. The fourth-order valence-corrected chi connectivity index (χ4v) is 4.11. The Hall–Kier alpha value is -3.28. The highest BCUT2D eigenvalue weighted by atomic mass is 16.3. The highest BCUT2D eigenvalue weighted by Gasteiger charge is 2.25. The predicted molar refractivity (Wildman–Crippen MR) is 117 cm³/mol. The number of furan rings is 2. The van der Waals surface area contributed by atoms with Gasteiger partial charge in [-0.2, -0.15) is 0 Å². The lowest BCUT2D eigenvalue weighted by atomic mass is 9.92. The van der Waals surface area contributed by atoms with Crippen LogP contribution in [0.4, 0.5) is 0 Å². The lowest BCUT2D eigenvalue weighted by Crippen LogP contribution is -2.40. The summed E-state index contributed by atoms with van der Waals surface area (Å²) in [4.78, 5) is 27.2. The Kier molecular flexibility index (Phi) is 6.55. The molecule has 2 amide bonds. The number of hydrogen-bond donors (Lipinski definition) is 1. The lowest BCUT2D eigenvalue weighted by molar-refractivity contribution is -0.121. The number of carbonyl (C=O) groups excluding carboxylic acids is 2. The summed E-state index contributed by atoms with van der Waals surface area (Å²) in [5.74, 6) is 2.74. The molecule has 1 fully saturated rings. The van der Waals surface area contributed by atoms with Gasteiger partial charge in [0.05, 0.1) is 12.8 Å². The Morgan fingerprint density at radius 3 is 2.84 bits per heavy atom. The van der Waals surface area contributed by atoms with Gasteiger partial charge in [0, 0.05) is 30.6 Å². The first-order chi connectivity index (χ1) is 15.1. The van der Waals surface area contributed by atoms with Gasteiger partial charge >= 0.3 is 0 Å². The summed E-state index contributed by atoms with van der Waals surface area (Å²) in [5, 5.41) is 2.91. The molecule has 2 aromatic heterocycles. The molecule has 162 valence electrons. The van der Waals surface area contributed by atoms with E-state index in [0.29, 0.717) is 31.0 Å². The molecule has 0 unspecified atom stereocenters. The fraction of sp³-hybridized carbons (Fsp3) is 0.360. The average molecular weight is 421 g/mol. The molecule has 1 N–H and O–H groups in total. The normalized spacial score (nSPS) is 16.3. The maximum atomic E-state index is 13.1. The molecule has 0 saturated carbocycles. The van der Waals surface area contributed by atoms with Gasteiger partial charge in [-0.1, -0.05) is 12.1 Å². The summed E-state index contributed by atoms with van der Waals surface area (Å²) in [5.41, 5.74) is 1.56. The Bertz CT molecular complexity index is 1020. The van der Waals surface area contributed by atoms with Crippen LogP contribution < -0.4 is 5.32 Å². The van der Waals surface area contributed by atoms with E-state index in [1.54, 1.807) is 6.26 Å². The van der Waals surface area contributed by atoms with E-state index in [-0.39, 0.29) is 11.8 Å². The minimum atomic E-state index is 0.0173. The first kappa shape index (κ1) is 21.0. The summed E-state index contributed by atoms with van der Waals surface area (Å²) in [6.45, 7) is 3.74. The molecule has 3 heterocycles. The molecule has 0 aliphatic carbocycles. The quantitative estimate of drug-likeness (QED) is 0.596. The van der Waals surface area contributed by atoms with Gasteiger partial charge in [-0.15, -0.1) is 0 Å². The fourth-order valence-electron chi connectivity index (χ4n) is 4.11. The lowest BCUT2D eigenvalue weighted by Gasteiger charge is -2.33. The van der Waals surface area contributed by atoms with Crippen molar-refractivity contribution < 1.29 is 18.4 Å². The molecule has 6 heteroatoms. The van der Waals surface area contributed by atoms with E-state index in [0.717, 1.165) is 48.7 Å². The number of likely N-dealkylation sites (tertiary alicyclic amines) is 1. The summed E-state index contributed by atoms with van der Waals surface area (Å²) in [6.07, 6.45) is 4.87. The second-order valence-electron chi connectivity index (χ2n) is 8.15. The van der Waals surface area contributed by atoms with E-state index in [4.69, 9.17) is 8.83 Å². The number of piperidine rings is 1. The van der Waals surface area contributed by atoms with Gasteiger partial charge in [-0.05, 0) is 68.5 Å². The molecule has 1 atom stereocenters. The second-order valence-corrected chi connectivity index (χ2v) is 8.15. The van der Waals surface area contributed by atoms with E-state index in [1.807, 2.05) is 60.4 Å². The van der Waals surface area contributed by atoms with Gasteiger partial charge in [-0.25, -0.2) is 0 Å². The molecule has 31 heavy (non-hydrogen) atoms. The standard InChI is InChI=1S/C25H28N2O4/c1-18-9-11-22(31-18)16-26-24(28)12-10-19-5-3-13-27(17-19)25(29)21-7-2-6-20(15-21)23-8-4-14-30-23/h2,4,6-9,11,14-15,19H,3,5,10,12-13,16-17H2,1H3,(H,26,28)/t19-/m0/s1. The summed E-state index contributed by atoms with van der Waals surface area (Å²) in [7, 11) is 0. The van der Waals surface area contributed by atoms with Crippen LogP contribution in [0.2, 0.25) is 0 Å². The van der Waals surface area contributed by atoms with Crippen LogP contribution in [0.1, 0.15) is 47.6 Å². The van der Waals surface area contributed by atoms with Crippen molar-refractivity contribution in [3.63, 3.8) is 0 Å². The number of rotatable bonds is 7. The Morgan fingerprint density at radius 1 is 1.16 bits per heavy atom. The first-order valence-corrected chi connectivity index (χ1v) is 10.8. The van der Waals surface area contributed by atoms with E-state index in [9.17, 15) is 9.59 Å². The molecular weight excluding hydrogens is 392 g/mol. The molecule has 3 aromatic rings. The van der Waals surface area contributed by atoms with Crippen molar-refractivity contribution in [2.75, 3.05) is 13.1 Å². The Labute approximate surface area is 182 Å². The topological polar surface area (TPSA) is 75.7 Å². The van der Waals surface area contributed by atoms with Crippen molar-refractivity contribution in [1.82, 2.24) is 10.2 Å². The van der Waals surface area contributed by atoms with Crippen molar-refractivity contribution in [1.29, 1.82) is 0 Å². The van der Waals surface area contributed by atoms with Crippen molar-refractivity contribution in [2.45, 2.75) is 39.2 Å². The molecule has 1 saturated heterocycles. The summed E-state index contributed by atoms with van der Waals surface area (Å²) < 4.78 is 10.9. The van der Waals surface area contributed by atoms with Crippen molar-refractivity contribution >= 4 is 11.8 Å². The van der Waals surface area contributed by atoms with Crippen LogP contribution in [0.5, 0.6) is 0 Å². The van der Waals surface area contributed by atoms with Gasteiger partial charge in [0.2, 0.25) is 5.91 Å². The van der Waals surface area contributed by atoms with Crippen LogP contribution in [0, 0.1) is 12.8 Å². The number of amides is 2. The Balaban J connectivity index is 1.28. The van der Waals surface area contributed by atoms with Gasteiger partial charge in [0.15, 0.2) is 0 Å². The molecule has 0 radical (unpaired) electrons. The predicted octanol–water partition coefficient (Wildman–Crippen LogP) is 4.80. The van der Waals surface area contributed by atoms with Crippen LogP contribution in [-0.2, 0) is 11.3 Å². The minimum absolute atomic E-state index is 0.0173. The van der Waals surface area contributed by atoms with Crippen LogP contribution in [0.25, 0.3) is 11.3 Å². The molecule has 1 aromatic carbocycles. The van der Waals surface area contributed by atoms with Gasteiger partial charge in [-0.3, -0.25) is 9.59 Å². The monoisotopic (exact) mass is 420 g/mol. The summed E-state index contributed by atoms with van der Waals surface area (Å²) in [6, 6.07) is 15.1. The third-order valence-electron chi connectivity index (χ3n) is 5.76. The number of benzene rings is 1. The molecule has 1 aliphatic heterocycles. The molecular formula is C25H28N2O4. The number of aryl methyl sites for hydroxylation is 1. The second kappa shape index (κ2) is 9.69. The van der Waals surface area contributed by atoms with E-state index in [2.05, 4.69) is 5.32 Å². The molecule has 0 spiro atoms. The third kappa shape index (κ3) is 5.45. The van der Waals surface area contributed by atoms with E-state index in [1.165, 1.54) is 0 Å². The maximum absolute atomic E-state index is 13.1. The number of carbonyl (C=O) groups is 2. The van der Waals surface area contributed by atoms with Crippen LogP contribution in [0.15, 0.2) is 63.6 Å². The smallest absolute Gasteiger partial charge is 0.253 e. The van der Waals surface area contributed by atoms with Gasteiger partial charge < -0.3 is 19.1 Å². The largest absolute Gasteiger partial charge is 0.465 e. The SMILES string of the molecule is Cc1ccc(CNC(=O)CC[C@@H]2CCCN(C(=O)c3cccc(-c4ccco4)c3)C2)o1. The highest BCUT2D eigenvalue weighted by molar-refractivity contribution is 5.95. The number of hydrogen-bond acceptors (Lipinski definition) is 4. The minimum Gasteiger partial charge on any atom is -0.465 e. The van der Waals surface area contributed by atoms with E-state index < -0.39 is 0 Å². The molecule has 4 rings (SSSR count). The number of nitrogens with one attached hydrogen (secondary N) is 1. The van der Waals surface area contributed by atoms with Crippen molar-refractivity contribution in [3.8, 4) is 11.3 Å². The first-order valence-electron chi connectivity index (χ1n) is 10.8. The maximum Gasteiger partial charge on any atom is 0.253 e. The van der Waals surface area contributed by atoms with Gasteiger partial charge in [0.25, 0.3) is 5.91 Å². The van der Waals surface area contributed by atoms with Crippen molar-refractivity contribution in [3.05, 3.63) is 71.9 Å². The number of nitrogens with zero attached hydrogens (tertiary/aromatic N) is 1. The van der Waals surface area contributed by atoms with Crippen LogP contribution in [-0.4, -0.2) is 29.8 Å².